The first-order valence-electron chi connectivity index (χ1n) is 7.70. The lowest BCUT2D eigenvalue weighted by Gasteiger charge is -2.26. The van der Waals surface area contributed by atoms with Gasteiger partial charge in [-0.05, 0) is 24.7 Å². The highest BCUT2D eigenvalue weighted by molar-refractivity contribution is 6.29. The lowest BCUT2D eigenvalue weighted by molar-refractivity contribution is 0.532. The van der Waals surface area contributed by atoms with Crippen molar-refractivity contribution >= 4 is 17.4 Å². The minimum absolute atomic E-state index is 0.547. The maximum atomic E-state index is 6.12. The lowest BCUT2D eigenvalue weighted by atomic mass is 10.1. The fourth-order valence-electron chi connectivity index (χ4n) is 1.94. The summed E-state index contributed by atoms with van der Waals surface area (Å²) in [5, 5.41) is 0.547. The number of aryl methyl sites for hydroxylation is 1. The van der Waals surface area contributed by atoms with E-state index in [2.05, 4.69) is 49.5 Å². The van der Waals surface area contributed by atoms with Crippen LogP contribution >= 0.6 is 11.6 Å². The Kier molecular flexibility index (Phi) is 7.28. The highest BCUT2D eigenvalue weighted by Gasteiger charge is 2.12. The number of nitrogens with zero attached hydrogens (tertiary/aromatic N) is 3. The van der Waals surface area contributed by atoms with E-state index < -0.39 is 0 Å². The normalized spacial score (nSPS) is 11.4. The molecule has 1 aromatic heterocycles. The van der Waals surface area contributed by atoms with Crippen LogP contribution in [0.5, 0.6) is 0 Å². The fraction of sp³-hybridized carbons (Fsp3) is 0.750. The van der Waals surface area contributed by atoms with Crippen molar-refractivity contribution in [3.63, 3.8) is 0 Å². The molecule has 0 aliphatic rings. The molecule has 1 rings (SSSR count). The van der Waals surface area contributed by atoms with E-state index in [0.29, 0.717) is 17.0 Å². The van der Waals surface area contributed by atoms with Gasteiger partial charge in [-0.25, -0.2) is 9.97 Å². The molecule has 0 aromatic carbocycles. The summed E-state index contributed by atoms with van der Waals surface area (Å²) in [6, 6.07) is 1.89. The standard InChI is InChI=1S/C16H28ClN3/c1-6-15-18-14(17)11-16(19-15)20(9-7-12(2)3)10-8-13(4)5/h11-13H,6-10H2,1-5H3. The van der Waals surface area contributed by atoms with Crippen LogP contribution < -0.4 is 4.90 Å². The number of aromatic nitrogens is 2. The van der Waals surface area contributed by atoms with E-state index in [0.717, 1.165) is 31.2 Å². The predicted molar refractivity (Wildman–Crippen MR) is 87.5 cm³/mol. The molecular weight excluding hydrogens is 270 g/mol. The highest BCUT2D eigenvalue weighted by Crippen LogP contribution is 2.19. The van der Waals surface area contributed by atoms with Crippen LogP contribution in [0.1, 0.15) is 53.3 Å². The topological polar surface area (TPSA) is 29.0 Å². The van der Waals surface area contributed by atoms with Crippen molar-refractivity contribution in [3.05, 3.63) is 17.0 Å². The van der Waals surface area contributed by atoms with Gasteiger partial charge in [0.1, 0.15) is 16.8 Å². The van der Waals surface area contributed by atoms with Crippen LogP contribution in [0.15, 0.2) is 6.07 Å². The van der Waals surface area contributed by atoms with E-state index in [1.807, 2.05) is 6.07 Å². The summed E-state index contributed by atoms with van der Waals surface area (Å²) in [6.07, 6.45) is 3.15. The van der Waals surface area contributed by atoms with Crippen LogP contribution in [0.2, 0.25) is 5.15 Å². The van der Waals surface area contributed by atoms with E-state index in [-0.39, 0.29) is 0 Å². The fourth-order valence-corrected chi connectivity index (χ4v) is 2.14. The van der Waals surface area contributed by atoms with Gasteiger partial charge in [0, 0.05) is 25.6 Å². The molecule has 0 N–H and O–H groups in total. The van der Waals surface area contributed by atoms with Crippen molar-refractivity contribution in [2.24, 2.45) is 11.8 Å². The van der Waals surface area contributed by atoms with Crippen molar-refractivity contribution in [2.45, 2.75) is 53.9 Å². The van der Waals surface area contributed by atoms with Crippen LogP contribution in [-0.2, 0) is 6.42 Å². The zero-order chi connectivity index (χ0) is 15.1. The largest absolute Gasteiger partial charge is 0.356 e. The first kappa shape index (κ1) is 17.2. The van der Waals surface area contributed by atoms with Crippen LogP contribution in [0, 0.1) is 11.8 Å². The molecule has 0 spiro atoms. The van der Waals surface area contributed by atoms with Gasteiger partial charge < -0.3 is 4.90 Å². The molecule has 1 aromatic rings. The van der Waals surface area contributed by atoms with Crippen molar-refractivity contribution in [1.29, 1.82) is 0 Å². The van der Waals surface area contributed by atoms with Gasteiger partial charge in [0.25, 0.3) is 0 Å². The van der Waals surface area contributed by atoms with E-state index >= 15 is 0 Å². The van der Waals surface area contributed by atoms with Crippen molar-refractivity contribution in [2.75, 3.05) is 18.0 Å². The predicted octanol–water partition coefficient (Wildman–Crippen LogP) is 4.59. The first-order chi connectivity index (χ1) is 9.42. The van der Waals surface area contributed by atoms with Crippen molar-refractivity contribution in [3.8, 4) is 0 Å². The molecule has 0 radical (unpaired) electrons. The number of hydrogen-bond acceptors (Lipinski definition) is 3. The SMILES string of the molecule is CCc1nc(Cl)cc(N(CCC(C)C)CCC(C)C)n1. The lowest BCUT2D eigenvalue weighted by Crippen LogP contribution is -2.28. The van der Waals surface area contributed by atoms with Gasteiger partial charge in [0.05, 0.1) is 0 Å². The third kappa shape index (κ3) is 6.08. The number of rotatable bonds is 8. The Morgan fingerprint density at radius 3 is 2.05 bits per heavy atom. The molecule has 0 unspecified atom stereocenters. The van der Waals surface area contributed by atoms with E-state index in [1.165, 1.54) is 12.8 Å². The Bertz CT molecular complexity index is 393. The van der Waals surface area contributed by atoms with Crippen LogP contribution in [-0.4, -0.2) is 23.1 Å². The minimum Gasteiger partial charge on any atom is -0.356 e. The molecular formula is C16H28ClN3. The monoisotopic (exact) mass is 297 g/mol. The molecule has 20 heavy (non-hydrogen) atoms. The Labute approximate surface area is 128 Å². The Morgan fingerprint density at radius 1 is 1.05 bits per heavy atom. The maximum Gasteiger partial charge on any atom is 0.134 e. The van der Waals surface area contributed by atoms with Gasteiger partial charge in [-0.1, -0.05) is 46.2 Å². The number of halogens is 1. The van der Waals surface area contributed by atoms with Gasteiger partial charge in [-0.3, -0.25) is 0 Å². The van der Waals surface area contributed by atoms with Gasteiger partial charge in [0.15, 0.2) is 0 Å². The van der Waals surface area contributed by atoms with Crippen LogP contribution in [0.4, 0.5) is 5.82 Å². The quantitative estimate of drug-likeness (QED) is 0.657. The summed E-state index contributed by atoms with van der Waals surface area (Å²) in [6.45, 7) is 13.1. The van der Waals surface area contributed by atoms with Gasteiger partial charge in [0.2, 0.25) is 0 Å². The Balaban J connectivity index is 2.86. The summed E-state index contributed by atoms with van der Waals surface area (Å²) in [4.78, 5) is 11.2. The van der Waals surface area contributed by atoms with E-state index in [1.54, 1.807) is 0 Å². The van der Waals surface area contributed by atoms with Gasteiger partial charge >= 0.3 is 0 Å². The summed E-state index contributed by atoms with van der Waals surface area (Å²) in [5.41, 5.74) is 0. The molecule has 4 heteroatoms. The summed E-state index contributed by atoms with van der Waals surface area (Å²) in [5.74, 6) is 3.19. The zero-order valence-electron chi connectivity index (χ0n) is 13.5. The van der Waals surface area contributed by atoms with Crippen molar-refractivity contribution in [1.82, 2.24) is 9.97 Å². The minimum atomic E-state index is 0.547. The van der Waals surface area contributed by atoms with Crippen LogP contribution in [0.3, 0.4) is 0 Å². The molecule has 0 fully saturated rings. The first-order valence-corrected chi connectivity index (χ1v) is 8.08. The Hall–Kier alpha value is -0.830. The zero-order valence-corrected chi connectivity index (χ0v) is 14.2. The molecule has 0 bridgehead atoms. The second kappa shape index (κ2) is 8.46. The van der Waals surface area contributed by atoms with Crippen LogP contribution in [0.25, 0.3) is 0 Å². The summed E-state index contributed by atoms with van der Waals surface area (Å²) in [7, 11) is 0. The molecule has 0 aliphatic carbocycles. The molecule has 3 nitrogen and oxygen atoms in total. The molecule has 1 heterocycles. The second-order valence-electron chi connectivity index (χ2n) is 6.17. The summed E-state index contributed by atoms with van der Waals surface area (Å²) < 4.78 is 0. The third-order valence-corrected chi connectivity index (χ3v) is 3.51. The second-order valence-corrected chi connectivity index (χ2v) is 6.56. The molecule has 0 saturated carbocycles. The van der Waals surface area contributed by atoms with Gasteiger partial charge in [-0.15, -0.1) is 0 Å². The molecule has 0 aliphatic heterocycles. The molecule has 114 valence electrons. The number of anilines is 1. The molecule has 0 amide bonds. The smallest absolute Gasteiger partial charge is 0.134 e. The Morgan fingerprint density at radius 2 is 1.60 bits per heavy atom. The van der Waals surface area contributed by atoms with Gasteiger partial charge in [-0.2, -0.15) is 0 Å². The highest BCUT2D eigenvalue weighted by atomic mass is 35.5. The molecule has 0 saturated heterocycles. The maximum absolute atomic E-state index is 6.12. The summed E-state index contributed by atoms with van der Waals surface area (Å²) >= 11 is 6.12. The number of hydrogen-bond donors (Lipinski definition) is 0. The van der Waals surface area contributed by atoms with E-state index in [4.69, 9.17) is 11.6 Å². The average Bonchev–Trinajstić information content (AvgIpc) is 2.37. The average molecular weight is 298 g/mol. The third-order valence-electron chi connectivity index (χ3n) is 3.32. The van der Waals surface area contributed by atoms with E-state index in [9.17, 15) is 0 Å². The van der Waals surface area contributed by atoms with Crippen molar-refractivity contribution < 1.29 is 0 Å². The molecule has 0 atom stereocenters.